The Labute approximate surface area is 149 Å². The Hall–Kier alpha value is -0.0900. The molecule has 4 aliphatic carbocycles. The summed E-state index contributed by atoms with van der Waals surface area (Å²) in [6, 6.07) is 0. The Balaban J connectivity index is 1.34. The molecule has 5 fully saturated rings. The van der Waals surface area contributed by atoms with E-state index >= 15 is 0 Å². The second kappa shape index (κ2) is 6.01. The average molecular weight is 383 g/mol. The average Bonchev–Trinajstić information content (AvgIpc) is 2.94. The number of halogens is 1. The van der Waals surface area contributed by atoms with Gasteiger partial charge in [0, 0.05) is 30.9 Å². The molecule has 2 atom stereocenters. The van der Waals surface area contributed by atoms with Crippen molar-refractivity contribution in [1.29, 1.82) is 0 Å². The Morgan fingerprint density at radius 3 is 2.43 bits per heavy atom. The number of hydrogen-bond donors (Lipinski definition) is 0. The Morgan fingerprint density at radius 2 is 1.83 bits per heavy atom. The number of rotatable bonds is 5. The van der Waals surface area contributed by atoms with Crippen LogP contribution in [-0.2, 0) is 4.79 Å². The smallest absolute Gasteiger partial charge is 0.222 e. The number of carbonyl (C=O) groups is 1. The first-order chi connectivity index (χ1) is 11.0. The molecule has 0 spiro atoms. The van der Waals surface area contributed by atoms with E-state index in [0.717, 1.165) is 31.3 Å². The summed E-state index contributed by atoms with van der Waals surface area (Å²) in [5, 5.41) is 0. The Kier molecular flexibility index (Phi) is 4.28. The highest BCUT2D eigenvalue weighted by atomic mass is 79.9. The standard InChI is InChI=1S/C19H31BrN2O/c1-21(6-7-22-4-2-3-5-22)17(23)13-18-9-15-8-16(10-18)12-19(20,11-15)14-18/h15-16H,2-14H2,1H3. The van der Waals surface area contributed by atoms with Crippen LogP contribution in [-0.4, -0.2) is 53.3 Å². The molecule has 4 heteroatoms. The van der Waals surface area contributed by atoms with E-state index in [2.05, 4.69) is 20.8 Å². The summed E-state index contributed by atoms with van der Waals surface area (Å²) in [7, 11) is 2.02. The van der Waals surface area contributed by atoms with Gasteiger partial charge in [0.15, 0.2) is 0 Å². The monoisotopic (exact) mass is 382 g/mol. The van der Waals surface area contributed by atoms with Crippen LogP contribution in [0.5, 0.6) is 0 Å². The molecule has 23 heavy (non-hydrogen) atoms. The Morgan fingerprint density at radius 1 is 1.17 bits per heavy atom. The third-order valence-electron chi connectivity index (χ3n) is 7.01. The third-order valence-corrected chi connectivity index (χ3v) is 7.94. The third kappa shape index (κ3) is 3.35. The molecular formula is C19H31BrN2O. The van der Waals surface area contributed by atoms with Gasteiger partial charge in [0.05, 0.1) is 0 Å². The molecule has 5 aliphatic rings. The van der Waals surface area contributed by atoms with Gasteiger partial charge in [-0.2, -0.15) is 0 Å². The lowest BCUT2D eigenvalue weighted by Crippen LogP contribution is -2.54. The summed E-state index contributed by atoms with van der Waals surface area (Å²) < 4.78 is 0.367. The minimum Gasteiger partial charge on any atom is -0.344 e. The molecule has 130 valence electrons. The zero-order chi connectivity index (χ0) is 16.1. The molecule has 0 aromatic carbocycles. The number of likely N-dealkylation sites (tertiary alicyclic amines) is 1. The van der Waals surface area contributed by atoms with Crippen molar-refractivity contribution in [3.05, 3.63) is 0 Å². The predicted octanol–water partition coefficient (Wildman–Crippen LogP) is 3.66. The van der Waals surface area contributed by atoms with E-state index in [4.69, 9.17) is 0 Å². The van der Waals surface area contributed by atoms with E-state index in [9.17, 15) is 4.79 Å². The molecular weight excluding hydrogens is 352 g/mol. The topological polar surface area (TPSA) is 23.6 Å². The molecule has 5 rings (SSSR count). The van der Waals surface area contributed by atoms with Gasteiger partial charge in [0.1, 0.15) is 0 Å². The number of nitrogens with zero attached hydrogens (tertiary/aromatic N) is 2. The van der Waals surface area contributed by atoms with Gasteiger partial charge in [-0.3, -0.25) is 4.79 Å². The van der Waals surface area contributed by atoms with Crippen molar-refractivity contribution in [3.63, 3.8) is 0 Å². The van der Waals surface area contributed by atoms with Gasteiger partial charge in [-0.25, -0.2) is 0 Å². The van der Waals surface area contributed by atoms with Crippen LogP contribution in [0.4, 0.5) is 0 Å². The fourth-order valence-corrected chi connectivity index (χ4v) is 7.93. The molecule has 0 aromatic heterocycles. The van der Waals surface area contributed by atoms with Crippen LogP contribution in [0.15, 0.2) is 0 Å². The predicted molar refractivity (Wildman–Crippen MR) is 96.7 cm³/mol. The zero-order valence-electron chi connectivity index (χ0n) is 14.5. The second-order valence-electron chi connectivity index (χ2n) is 9.15. The van der Waals surface area contributed by atoms with Gasteiger partial charge in [0.25, 0.3) is 0 Å². The summed E-state index contributed by atoms with van der Waals surface area (Å²) in [6.45, 7) is 4.41. The highest BCUT2D eigenvalue weighted by Crippen LogP contribution is 2.65. The van der Waals surface area contributed by atoms with Crippen molar-refractivity contribution in [3.8, 4) is 0 Å². The largest absolute Gasteiger partial charge is 0.344 e. The molecule has 4 bridgehead atoms. The number of amides is 1. The summed E-state index contributed by atoms with van der Waals surface area (Å²) >= 11 is 4.06. The van der Waals surface area contributed by atoms with Crippen molar-refractivity contribution in [2.75, 3.05) is 33.2 Å². The van der Waals surface area contributed by atoms with Crippen LogP contribution >= 0.6 is 15.9 Å². The first-order valence-electron chi connectivity index (χ1n) is 9.61. The molecule has 4 saturated carbocycles. The molecule has 1 aliphatic heterocycles. The van der Waals surface area contributed by atoms with Gasteiger partial charge >= 0.3 is 0 Å². The van der Waals surface area contributed by atoms with Gasteiger partial charge in [-0.05, 0) is 81.7 Å². The fourth-order valence-electron chi connectivity index (χ4n) is 6.42. The molecule has 0 N–H and O–H groups in total. The van der Waals surface area contributed by atoms with Crippen LogP contribution < -0.4 is 0 Å². The van der Waals surface area contributed by atoms with Gasteiger partial charge in [-0.1, -0.05) is 15.9 Å². The van der Waals surface area contributed by atoms with Crippen LogP contribution in [0.25, 0.3) is 0 Å². The fraction of sp³-hybridized carbons (Fsp3) is 0.947. The van der Waals surface area contributed by atoms with Crippen molar-refractivity contribution in [2.45, 2.75) is 62.1 Å². The van der Waals surface area contributed by atoms with Crippen LogP contribution in [0.3, 0.4) is 0 Å². The summed E-state index contributed by atoms with van der Waals surface area (Å²) in [6.07, 6.45) is 11.4. The minimum atomic E-state index is 0.312. The highest BCUT2D eigenvalue weighted by molar-refractivity contribution is 9.10. The number of carbonyl (C=O) groups excluding carboxylic acids is 1. The van der Waals surface area contributed by atoms with Crippen molar-refractivity contribution >= 4 is 21.8 Å². The quantitative estimate of drug-likeness (QED) is 0.677. The van der Waals surface area contributed by atoms with Crippen molar-refractivity contribution in [2.24, 2.45) is 17.3 Å². The summed E-state index contributed by atoms with van der Waals surface area (Å²) in [4.78, 5) is 17.3. The van der Waals surface area contributed by atoms with E-state index in [1.54, 1.807) is 0 Å². The zero-order valence-corrected chi connectivity index (χ0v) is 16.1. The van der Waals surface area contributed by atoms with Crippen LogP contribution in [0.1, 0.15) is 57.8 Å². The molecule has 2 unspecified atom stereocenters. The molecule has 0 aromatic rings. The lowest BCUT2D eigenvalue weighted by atomic mass is 9.48. The van der Waals surface area contributed by atoms with Gasteiger partial charge in [-0.15, -0.1) is 0 Å². The maximum atomic E-state index is 12.8. The van der Waals surface area contributed by atoms with Gasteiger partial charge < -0.3 is 9.80 Å². The van der Waals surface area contributed by atoms with Crippen LogP contribution in [0.2, 0.25) is 0 Å². The molecule has 0 radical (unpaired) electrons. The van der Waals surface area contributed by atoms with Crippen molar-refractivity contribution in [1.82, 2.24) is 9.80 Å². The Bertz CT molecular complexity index is 460. The first-order valence-corrected chi connectivity index (χ1v) is 10.4. The maximum absolute atomic E-state index is 12.8. The summed E-state index contributed by atoms with van der Waals surface area (Å²) in [5.74, 6) is 2.14. The van der Waals surface area contributed by atoms with Gasteiger partial charge in [0.2, 0.25) is 5.91 Å². The van der Waals surface area contributed by atoms with Crippen LogP contribution in [0, 0.1) is 17.3 Å². The molecule has 1 heterocycles. The lowest BCUT2D eigenvalue weighted by Gasteiger charge is -2.60. The number of alkyl halides is 1. The van der Waals surface area contributed by atoms with E-state index in [1.165, 1.54) is 64.5 Å². The first kappa shape index (κ1) is 16.4. The maximum Gasteiger partial charge on any atom is 0.222 e. The minimum absolute atomic E-state index is 0.312. The number of likely N-dealkylation sites (N-methyl/N-ethyl adjacent to an activating group) is 1. The normalized spacial score (nSPS) is 42.3. The van der Waals surface area contributed by atoms with E-state index in [1.807, 2.05) is 11.9 Å². The summed E-state index contributed by atoms with van der Waals surface area (Å²) in [5.41, 5.74) is 0.312. The SMILES string of the molecule is CN(CCN1CCCC1)C(=O)CC12CC3CC(CC(Br)(C3)C1)C2. The molecule has 1 amide bonds. The number of hydrogen-bond acceptors (Lipinski definition) is 2. The molecule has 3 nitrogen and oxygen atoms in total. The van der Waals surface area contributed by atoms with Crippen molar-refractivity contribution < 1.29 is 4.79 Å². The second-order valence-corrected chi connectivity index (χ2v) is 10.8. The molecule has 1 saturated heterocycles. The lowest BCUT2D eigenvalue weighted by molar-refractivity contribution is -0.137. The van der Waals surface area contributed by atoms with E-state index in [0.29, 0.717) is 15.6 Å². The van der Waals surface area contributed by atoms with E-state index in [-0.39, 0.29) is 0 Å². The highest BCUT2D eigenvalue weighted by Gasteiger charge is 2.57. The van der Waals surface area contributed by atoms with E-state index < -0.39 is 0 Å².